The molecule has 11 heteroatoms. The first-order chi connectivity index (χ1) is 18.8. The van der Waals surface area contributed by atoms with Gasteiger partial charge >= 0.3 is 0 Å². The molecular weight excluding hydrogens is 570 g/mol. The maximum absolute atomic E-state index is 13.1. The van der Waals surface area contributed by atoms with Crippen molar-refractivity contribution < 1.29 is 21.6 Å². The van der Waals surface area contributed by atoms with Crippen LogP contribution in [0.5, 0.6) is 0 Å². The molecule has 1 amide bonds. The minimum atomic E-state index is -4.10. The topological polar surface area (TPSA) is 121 Å². The Hall–Kier alpha value is -3.86. The lowest BCUT2D eigenvalue weighted by atomic mass is 10.1. The highest BCUT2D eigenvalue weighted by Crippen LogP contribution is 2.28. The summed E-state index contributed by atoms with van der Waals surface area (Å²) in [4.78, 5) is 12.7. The predicted octanol–water partition coefficient (Wildman–Crippen LogP) is 6.43. The van der Waals surface area contributed by atoms with Crippen LogP contribution in [-0.2, 0) is 20.0 Å². The van der Waals surface area contributed by atoms with Gasteiger partial charge in [0.1, 0.15) is 4.90 Å². The van der Waals surface area contributed by atoms with E-state index in [-0.39, 0.29) is 20.4 Å². The van der Waals surface area contributed by atoms with Gasteiger partial charge in [-0.3, -0.25) is 14.2 Å². The van der Waals surface area contributed by atoms with Gasteiger partial charge in [0.05, 0.1) is 21.3 Å². The average Bonchev–Trinajstić information content (AvgIpc) is 2.88. The van der Waals surface area contributed by atoms with Crippen LogP contribution in [0, 0.1) is 27.7 Å². The Balaban J connectivity index is 1.52. The van der Waals surface area contributed by atoms with Gasteiger partial charge in [-0.15, -0.1) is 0 Å². The summed E-state index contributed by atoms with van der Waals surface area (Å²) >= 11 is 6.20. The SMILES string of the molecule is Cc1ccc(NS(=O)(=O)c2cc(C(=O)Nc3ccc(S(=O)(=O)Nc4c(C)cccc4C)cc3)ccc2Cl)c(C)c1. The van der Waals surface area contributed by atoms with Gasteiger partial charge in [0, 0.05) is 11.3 Å². The summed E-state index contributed by atoms with van der Waals surface area (Å²) in [7, 11) is -7.96. The molecule has 3 N–H and O–H groups in total. The number of amides is 1. The summed E-state index contributed by atoms with van der Waals surface area (Å²) < 4.78 is 57.2. The van der Waals surface area contributed by atoms with Crippen LogP contribution in [0.1, 0.15) is 32.6 Å². The molecule has 0 fully saturated rings. The fourth-order valence-electron chi connectivity index (χ4n) is 4.07. The molecule has 0 bridgehead atoms. The Morgan fingerprint density at radius 3 is 1.98 bits per heavy atom. The molecule has 8 nitrogen and oxygen atoms in total. The third-order valence-corrected chi connectivity index (χ3v) is 9.46. The number of anilines is 3. The zero-order chi connectivity index (χ0) is 29.2. The monoisotopic (exact) mass is 597 g/mol. The van der Waals surface area contributed by atoms with Crippen LogP contribution in [0.15, 0.2) is 88.7 Å². The van der Waals surface area contributed by atoms with Crippen molar-refractivity contribution in [1.29, 1.82) is 0 Å². The lowest BCUT2D eigenvalue weighted by molar-refractivity contribution is 0.102. The summed E-state index contributed by atoms with van der Waals surface area (Å²) in [5.74, 6) is -0.594. The number of halogens is 1. The van der Waals surface area contributed by atoms with E-state index in [1.165, 1.54) is 42.5 Å². The fraction of sp³-hybridized carbons (Fsp3) is 0.138. The third-order valence-electron chi connectivity index (χ3n) is 6.25. The van der Waals surface area contributed by atoms with Crippen LogP contribution < -0.4 is 14.8 Å². The maximum Gasteiger partial charge on any atom is 0.263 e. The number of hydrogen-bond acceptors (Lipinski definition) is 5. The summed E-state index contributed by atoms with van der Waals surface area (Å²) in [5, 5.41) is 2.61. The molecule has 0 heterocycles. The predicted molar refractivity (Wildman–Crippen MR) is 159 cm³/mol. The van der Waals surface area contributed by atoms with E-state index < -0.39 is 26.0 Å². The number of hydrogen-bond donors (Lipinski definition) is 3. The van der Waals surface area contributed by atoms with Crippen LogP contribution in [-0.4, -0.2) is 22.7 Å². The van der Waals surface area contributed by atoms with Crippen molar-refractivity contribution >= 4 is 54.6 Å². The van der Waals surface area contributed by atoms with E-state index >= 15 is 0 Å². The summed E-state index contributed by atoms with van der Waals surface area (Å²) in [6, 6.07) is 20.3. The highest BCUT2D eigenvalue weighted by molar-refractivity contribution is 7.93. The minimum absolute atomic E-state index is 0.0190. The van der Waals surface area contributed by atoms with Crippen LogP contribution in [0.4, 0.5) is 17.1 Å². The Morgan fingerprint density at radius 1 is 0.700 bits per heavy atom. The lowest BCUT2D eigenvalue weighted by Gasteiger charge is -2.14. The maximum atomic E-state index is 13.1. The van der Waals surface area contributed by atoms with Crippen molar-refractivity contribution in [1.82, 2.24) is 0 Å². The molecule has 208 valence electrons. The molecule has 40 heavy (non-hydrogen) atoms. The normalized spacial score (nSPS) is 11.6. The molecule has 0 atom stereocenters. The Kier molecular flexibility index (Phi) is 8.25. The molecule has 0 spiro atoms. The number of nitrogens with one attached hydrogen (secondary N) is 3. The highest BCUT2D eigenvalue weighted by Gasteiger charge is 2.22. The fourth-order valence-corrected chi connectivity index (χ4v) is 6.93. The number of sulfonamides is 2. The summed E-state index contributed by atoms with van der Waals surface area (Å²) in [5.41, 5.74) is 4.60. The molecule has 0 saturated heterocycles. The molecule has 0 aromatic heterocycles. The van der Waals surface area contributed by atoms with Gasteiger partial charge in [-0.1, -0.05) is 47.5 Å². The molecular formula is C29H28ClN3O5S2. The molecule has 4 aromatic rings. The molecule has 0 saturated carbocycles. The standard InChI is InChI=1S/C29H28ClN3O5S2/c1-18-8-15-26(21(4)16-18)32-40(37,38)27-17-22(9-14-25(27)30)29(34)31-23-10-12-24(13-11-23)39(35,36)33-28-19(2)6-5-7-20(28)3/h5-17,32-33H,1-4H3,(H,31,34). The summed E-state index contributed by atoms with van der Waals surface area (Å²) in [6.07, 6.45) is 0. The van der Waals surface area contributed by atoms with Crippen molar-refractivity contribution in [3.8, 4) is 0 Å². The van der Waals surface area contributed by atoms with Gasteiger partial charge in [0.2, 0.25) is 0 Å². The summed E-state index contributed by atoms with van der Waals surface area (Å²) in [6.45, 7) is 7.32. The van der Waals surface area contributed by atoms with Crippen molar-refractivity contribution in [2.24, 2.45) is 0 Å². The van der Waals surface area contributed by atoms with Crippen molar-refractivity contribution in [2.75, 3.05) is 14.8 Å². The van der Waals surface area contributed by atoms with Gasteiger partial charge in [-0.25, -0.2) is 16.8 Å². The van der Waals surface area contributed by atoms with Crippen LogP contribution >= 0.6 is 11.6 Å². The number of aryl methyl sites for hydroxylation is 4. The Labute approximate surface area is 239 Å². The number of carbonyl (C=O) groups excluding carboxylic acids is 1. The number of rotatable bonds is 8. The van der Waals surface area contributed by atoms with Gasteiger partial charge in [-0.05, 0) is 92.9 Å². The lowest BCUT2D eigenvalue weighted by Crippen LogP contribution is -2.17. The van der Waals surface area contributed by atoms with Gasteiger partial charge in [0.15, 0.2) is 0 Å². The zero-order valence-electron chi connectivity index (χ0n) is 22.2. The van der Waals surface area contributed by atoms with Gasteiger partial charge in [0.25, 0.3) is 26.0 Å². The highest BCUT2D eigenvalue weighted by atomic mass is 35.5. The Bertz CT molecular complexity index is 1800. The van der Waals surface area contributed by atoms with E-state index in [1.807, 2.05) is 45.0 Å². The molecule has 4 rings (SSSR count). The third kappa shape index (κ3) is 6.47. The molecule has 0 radical (unpaired) electrons. The van der Waals surface area contributed by atoms with Crippen LogP contribution in [0.25, 0.3) is 0 Å². The van der Waals surface area contributed by atoms with E-state index in [9.17, 15) is 21.6 Å². The van der Waals surface area contributed by atoms with E-state index in [0.29, 0.717) is 17.1 Å². The van der Waals surface area contributed by atoms with Gasteiger partial charge < -0.3 is 5.32 Å². The second-order valence-corrected chi connectivity index (χ2v) is 13.2. The van der Waals surface area contributed by atoms with E-state index in [2.05, 4.69) is 14.8 Å². The van der Waals surface area contributed by atoms with E-state index in [0.717, 1.165) is 22.3 Å². The molecule has 0 aliphatic rings. The average molecular weight is 598 g/mol. The Morgan fingerprint density at radius 2 is 1.35 bits per heavy atom. The first kappa shape index (κ1) is 29.1. The molecule has 0 unspecified atom stereocenters. The quantitative estimate of drug-likeness (QED) is 0.216. The second-order valence-electron chi connectivity index (χ2n) is 9.42. The second kappa shape index (κ2) is 11.3. The first-order valence-corrected chi connectivity index (χ1v) is 15.5. The van der Waals surface area contributed by atoms with Gasteiger partial charge in [-0.2, -0.15) is 0 Å². The number of benzene rings is 4. The molecule has 4 aromatic carbocycles. The van der Waals surface area contributed by atoms with E-state index in [1.54, 1.807) is 19.1 Å². The van der Waals surface area contributed by atoms with Crippen molar-refractivity contribution in [3.63, 3.8) is 0 Å². The molecule has 0 aliphatic carbocycles. The van der Waals surface area contributed by atoms with Crippen molar-refractivity contribution in [2.45, 2.75) is 37.5 Å². The van der Waals surface area contributed by atoms with Crippen LogP contribution in [0.2, 0.25) is 5.02 Å². The smallest absolute Gasteiger partial charge is 0.263 e. The largest absolute Gasteiger partial charge is 0.322 e. The number of carbonyl (C=O) groups is 1. The first-order valence-electron chi connectivity index (χ1n) is 12.2. The van der Waals surface area contributed by atoms with Crippen LogP contribution in [0.3, 0.4) is 0 Å². The zero-order valence-corrected chi connectivity index (χ0v) is 24.6. The minimum Gasteiger partial charge on any atom is -0.322 e. The van der Waals surface area contributed by atoms with E-state index in [4.69, 9.17) is 11.6 Å². The number of para-hydroxylation sites is 1. The van der Waals surface area contributed by atoms with Crippen molar-refractivity contribution in [3.05, 3.63) is 112 Å². The molecule has 0 aliphatic heterocycles.